The zero-order chi connectivity index (χ0) is 13.5. The van der Waals surface area contributed by atoms with Crippen molar-refractivity contribution >= 4 is 5.69 Å². The van der Waals surface area contributed by atoms with Crippen LogP contribution >= 0.6 is 0 Å². The molecule has 0 fully saturated rings. The van der Waals surface area contributed by atoms with Crippen LogP contribution in [-0.2, 0) is 6.54 Å². The molecule has 3 nitrogen and oxygen atoms in total. The molecule has 0 aliphatic rings. The van der Waals surface area contributed by atoms with Crippen molar-refractivity contribution in [3.8, 4) is 11.8 Å². The summed E-state index contributed by atoms with van der Waals surface area (Å²) < 4.78 is 5.27. The number of nitrogens with zero attached hydrogens (tertiary/aromatic N) is 1. The van der Waals surface area contributed by atoms with Gasteiger partial charge in [-0.1, -0.05) is 29.8 Å². The first-order valence-electron chi connectivity index (χ1n) is 6.17. The van der Waals surface area contributed by atoms with Crippen LogP contribution in [0.4, 0.5) is 5.69 Å². The summed E-state index contributed by atoms with van der Waals surface area (Å²) in [6.45, 7) is 2.88. The fourth-order valence-corrected chi connectivity index (χ4v) is 1.74. The van der Waals surface area contributed by atoms with E-state index in [1.54, 1.807) is 0 Å². The molecular formula is C16H16N2O. The van der Waals surface area contributed by atoms with Gasteiger partial charge in [-0.25, -0.2) is 0 Å². The number of nitrogens with one attached hydrogen (secondary N) is 1. The average Bonchev–Trinajstić information content (AvgIpc) is 2.45. The Hall–Kier alpha value is -2.47. The number of anilines is 1. The zero-order valence-corrected chi connectivity index (χ0v) is 10.9. The molecule has 0 aliphatic carbocycles. The minimum Gasteiger partial charge on any atom is -0.479 e. The normalized spacial score (nSPS) is 9.68. The van der Waals surface area contributed by atoms with Crippen molar-refractivity contribution in [2.45, 2.75) is 13.5 Å². The van der Waals surface area contributed by atoms with Crippen LogP contribution in [0.25, 0.3) is 0 Å². The highest BCUT2D eigenvalue weighted by atomic mass is 16.5. The van der Waals surface area contributed by atoms with Gasteiger partial charge in [-0.2, -0.15) is 5.26 Å². The lowest BCUT2D eigenvalue weighted by Gasteiger charge is -2.08. The molecule has 96 valence electrons. The molecule has 0 atom stereocenters. The van der Waals surface area contributed by atoms with Crippen LogP contribution in [-0.4, -0.2) is 6.61 Å². The van der Waals surface area contributed by atoms with E-state index in [2.05, 4.69) is 36.5 Å². The Kier molecular flexibility index (Phi) is 4.41. The van der Waals surface area contributed by atoms with Crippen molar-refractivity contribution in [2.24, 2.45) is 0 Å². The molecule has 2 rings (SSSR count). The summed E-state index contributed by atoms with van der Waals surface area (Å²) in [5.41, 5.74) is 3.46. The largest absolute Gasteiger partial charge is 0.479 e. The highest BCUT2D eigenvalue weighted by Gasteiger charge is 1.97. The summed E-state index contributed by atoms with van der Waals surface area (Å²) in [5, 5.41) is 11.8. The zero-order valence-electron chi connectivity index (χ0n) is 10.9. The van der Waals surface area contributed by atoms with Crippen molar-refractivity contribution in [1.29, 1.82) is 5.26 Å². The summed E-state index contributed by atoms with van der Waals surface area (Å²) in [5.74, 6) is 0.727. The second-order valence-electron chi connectivity index (χ2n) is 4.31. The first-order chi connectivity index (χ1) is 9.28. The van der Waals surface area contributed by atoms with Gasteiger partial charge in [0.05, 0.1) is 0 Å². The molecule has 19 heavy (non-hydrogen) atoms. The van der Waals surface area contributed by atoms with Crippen molar-refractivity contribution in [3.63, 3.8) is 0 Å². The van der Waals surface area contributed by atoms with Crippen LogP contribution in [0.2, 0.25) is 0 Å². The first-order valence-corrected chi connectivity index (χ1v) is 6.17. The van der Waals surface area contributed by atoms with E-state index in [4.69, 9.17) is 10.00 Å². The fourth-order valence-electron chi connectivity index (χ4n) is 1.74. The average molecular weight is 252 g/mol. The van der Waals surface area contributed by atoms with E-state index < -0.39 is 0 Å². The highest BCUT2D eigenvalue weighted by molar-refractivity contribution is 5.45. The fraction of sp³-hybridized carbons (Fsp3) is 0.188. The SMILES string of the molecule is Cc1ccc(NCc2cccc(OCC#N)c2)cc1. The molecule has 2 aromatic carbocycles. The molecule has 0 amide bonds. The van der Waals surface area contributed by atoms with Crippen molar-refractivity contribution in [3.05, 3.63) is 59.7 Å². The number of aryl methyl sites for hydroxylation is 1. The lowest BCUT2D eigenvalue weighted by Crippen LogP contribution is -2.00. The van der Waals surface area contributed by atoms with Crippen LogP contribution in [0.1, 0.15) is 11.1 Å². The van der Waals surface area contributed by atoms with E-state index in [0.717, 1.165) is 23.5 Å². The van der Waals surface area contributed by atoms with E-state index in [9.17, 15) is 0 Å². The number of hydrogen-bond donors (Lipinski definition) is 1. The van der Waals surface area contributed by atoms with E-state index in [0.29, 0.717) is 0 Å². The maximum atomic E-state index is 8.48. The minimum atomic E-state index is 0.0782. The minimum absolute atomic E-state index is 0.0782. The number of ether oxygens (including phenoxy) is 1. The predicted molar refractivity (Wildman–Crippen MR) is 76.1 cm³/mol. The maximum Gasteiger partial charge on any atom is 0.174 e. The molecule has 0 aliphatic heterocycles. The summed E-state index contributed by atoms with van der Waals surface area (Å²) in [6, 6.07) is 18.0. The Morgan fingerprint density at radius 3 is 2.68 bits per heavy atom. The Morgan fingerprint density at radius 1 is 1.16 bits per heavy atom. The van der Waals surface area contributed by atoms with E-state index in [1.807, 2.05) is 30.3 Å². The second kappa shape index (κ2) is 6.46. The topological polar surface area (TPSA) is 45.0 Å². The van der Waals surface area contributed by atoms with Crippen LogP contribution < -0.4 is 10.1 Å². The maximum absolute atomic E-state index is 8.48. The summed E-state index contributed by atoms with van der Waals surface area (Å²) in [6.07, 6.45) is 0. The third-order valence-corrected chi connectivity index (χ3v) is 2.75. The number of hydrogen-bond acceptors (Lipinski definition) is 3. The Balaban J connectivity index is 1.95. The molecule has 0 bridgehead atoms. The van der Waals surface area contributed by atoms with E-state index in [1.165, 1.54) is 5.56 Å². The van der Waals surface area contributed by atoms with Gasteiger partial charge < -0.3 is 10.1 Å². The standard InChI is InChI=1S/C16H16N2O/c1-13-5-7-15(8-6-13)18-12-14-3-2-4-16(11-14)19-10-9-17/h2-8,11,18H,10,12H2,1H3. The lowest BCUT2D eigenvalue weighted by atomic mass is 10.2. The van der Waals surface area contributed by atoms with Gasteiger partial charge in [-0.15, -0.1) is 0 Å². The Morgan fingerprint density at radius 2 is 1.95 bits per heavy atom. The summed E-state index contributed by atoms with van der Waals surface area (Å²) >= 11 is 0. The first kappa shape index (κ1) is 13.0. The van der Waals surface area contributed by atoms with Gasteiger partial charge in [0.15, 0.2) is 6.61 Å². The number of rotatable bonds is 5. The summed E-state index contributed by atoms with van der Waals surface area (Å²) in [7, 11) is 0. The second-order valence-corrected chi connectivity index (χ2v) is 4.31. The smallest absolute Gasteiger partial charge is 0.174 e. The van der Waals surface area contributed by atoms with Gasteiger partial charge in [0, 0.05) is 12.2 Å². The highest BCUT2D eigenvalue weighted by Crippen LogP contribution is 2.15. The number of nitriles is 1. The molecule has 0 saturated carbocycles. The van der Waals surface area contributed by atoms with E-state index >= 15 is 0 Å². The van der Waals surface area contributed by atoms with Gasteiger partial charge in [-0.05, 0) is 36.8 Å². The molecular weight excluding hydrogens is 236 g/mol. The van der Waals surface area contributed by atoms with Crippen LogP contribution in [0, 0.1) is 18.3 Å². The van der Waals surface area contributed by atoms with Gasteiger partial charge in [-0.3, -0.25) is 0 Å². The third kappa shape index (κ3) is 4.04. The molecule has 1 N–H and O–H groups in total. The molecule has 3 heteroatoms. The van der Waals surface area contributed by atoms with Crippen molar-refractivity contribution in [1.82, 2.24) is 0 Å². The molecule has 0 saturated heterocycles. The molecule has 0 radical (unpaired) electrons. The predicted octanol–water partition coefficient (Wildman–Crippen LogP) is 3.51. The van der Waals surface area contributed by atoms with Crippen molar-refractivity contribution in [2.75, 3.05) is 11.9 Å². The van der Waals surface area contributed by atoms with Gasteiger partial charge in [0.1, 0.15) is 11.8 Å². The number of benzene rings is 2. The van der Waals surface area contributed by atoms with E-state index in [-0.39, 0.29) is 6.61 Å². The molecule has 0 spiro atoms. The molecule has 0 unspecified atom stereocenters. The van der Waals surface area contributed by atoms with Gasteiger partial charge in [0.25, 0.3) is 0 Å². The third-order valence-electron chi connectivity index (χ3n) is 2.75. The van der Waals surface area contributed by atoms with Crippen LogP contribution in [0.15, 0.2) is 48.5 Å². The van der Waals surface area contributed by atoms with Crippen LogP contribution in [0.5, 0.6) is 5.75 Å². The van der Waals surface area contributed by atoms with Crippen molar-refractivity contribution < 1.29 is 4.74 Å². The Labute approximate surface area is 113 Å². The Bertz CT molecular complexity index is 570. The molecule has 0 aromatic heterocycles. The lowest BCUT2D eigenvalue weighted by molar-refractivity contribution is 0.368. The molecule has 0 heterocycles. The van der Waals surface area contributed by atoms with Crippen LogP contribution in [0.3, 0.4) is 0 Å². The van der Waals surface area contributed by atoms with Gasteiger partial charge >= 0.3 is 0 Å². The molecule has 2 aromatic rings. The van der Waals surface area contributed by atoms with Gasteiger partial charge in [0.2, 0.25) is 0 Å². The quantitative estimate of drug-likeness (QED) is 0.885. The summed E-state index contributed by atoms with van der Waals surface area (Å²) in [4.78, 5) is 0. The monoisotopic (exact) mass is 252 g/mol.